The molecule has 8 nitrogen and oxygen atoms in total. The zero-order valence-corrected chi connectivity index (χ0v) is 29.2. The number of aliphatic carboxylic acids is 2. The molecule has 44 heavy (non-hydrogen) atoms. The topological polar surface area (TPSA) is 105 Å². The van der Waals surface area contributed by atoms with Gasteiger partial charge in [-0.05, 0) is 138 Å². The molecule has 0 N–H and O–H groups in total. The van der Waals surface area contributed by atoms with Crippen molar-refractivity contribution in [3.8, 4) is 0 Å². The van der Waals surface area contributed by atoms with Crippen LogP contribution in [0.1, 0.15) is 165 Å². The van der Waals surface area contributed by atoms with Crippen LogP contribution in [0.5, 0.6) is 0 Å². The Labute approximate surface area is 267 Å². The van der Waals surface area contributed by atoms with Gasteiger partial charge in [-0.1, -0.05) is 38.5 Å². The first-order valence-electron chi connectivity index (χ1n) is 17.8. The van der Waals surface area contributed by atoms with Crippen LogP contribution in [-0.4, -0.2) is 56.4 Å². The Morgan fingerprint density at radius 2 is 0.977 bits per heavy atom. The van der Waals surface area contributed by atoms with Crippen LogP contribution in [0.4, 0.5) is 0 Å². The number of rotatable bonds is 11. The Hall–Kier alpha value is -1.22. The lowest BCUT2D eigenvalue weighted by molar-refractivity contribution is -0.351. The second-order valence-electron chi connectivity index (χ2n) is 17.3. The fourth-order valence-corrected chi connectivity index (χ4v) is 10.2. The average molecular weight is 619 g/mol. The van der Waals surface area contributed by atoms with E-state index in [2.05, 4.69) is 65.5 Å². The highest BCUT2D eigenvalue weighted by Gasteiger charge is 2.59. The van der Waals surface area contributed by atoms with E-state index in [9.17, 15) is 19.8 Å². The van der Waals surface area contributed by atoms with Crippen molar-refractivity contribution in [1.29, 1.82) is 0 Å². The molecule has 0 bridgehead atoms. The monoisotopic (exact) mass is 618 g/mol. The molecule has 0 amide bonds. The van der Waals surface area contributed by atoms with Crippen LogP contribution in [0.3, 0.4) is 0 Å². The molecule has 4 fully saturated rings. The summed E-state index contributed by atoms with van der Waals surface area (Å²) < 4.78 is 0. The number of carboxylic acids is 2. The average Bonchev–Trinajstić information content (AvgIpc) is 2.91. The van der Waals surface area contributed by atoms with Crippen LogP contribution in [0, 0.1) is 17.3 Å². The van der Waals surface area contributed by atoms with Gasteiger partial charge in [0.1, 0.15) is 0 Å². The van der Waals surface area contributed by atoms with Crippen molar-refractivity contribution >= 4 is 11.9 Å². The number of carbonyl (C=O) groups excluding carboxylic acids is 2. The summed E-state index contributed by atoms with van der Waals surface area (Å²) in [6.07, 6.45) is 14.8. The highest BCUT2D eigenvalue weighted by molar-refractivity contribution is 5.74. The zero-order chi connectivity index (χ0) is 32.6. The van der Waals surface area contributed by atoms with E-state index in [-0.39, 0.29) is 43.3 Å². The smallest absolute Gasteiger partial charge is 0.0793 e. The van der Waals surface area contributed by atoms with E-state index in [1.165, 1.54) is 38.5 Å². The van der Waals surface area contributed by atoms with Gasteiger partial charge in [0.15, 0.2) is 0 Å². The van der Waals surface area contributed by atoms with Crippen molar-refractivity contribution < 1.29 is 29.5 Å². The van der Waals surface area contributed by atoms with Gasteiger partial charge in [-0.25, -0.2) is 0 Å². The van der Waals surface area contributed by atoms with Gasteiger partial charge < -0.3 is 19.8 Å². The highest BCUT2D eigenvalue weighted by Crippen LogP contribution is 2.58. The first-order valence-corrected chi connectivity index (χ1v) is 17.8. The molecule has 2 saturated heterocycles. The minimum Gasteiger partial charge on any atom is -0.550 e. The Kier molecular flexibility index (Phi) is 10.9. The Morgan fingerprint density at radius 1 is 0.636 bits per heavy atom. The summed E-state index contributed by atoms with van der Waals surface area (Å²) in [4.78, 5) is 38.8. The number of hydrogen-bond donors (Lipinski definition) is 0. The van der Waals surface area contributed by atoms with Gasteiger partial charge in [-0.15, -0.1) is 0 Å². The van der Waals surface area contributed by atoms with Gasteiger partial charge in [0.05, 0.1) is 12.2 Å². The second kappa shape index (κ2) is 13.5. The van der Waals surface area contributed by atoms with Crippen molar-refractivity contribution in [2.45, 2.75) is 199 Å². The van der Waals surface area contributed by atoms with Crippen LogP contribution in [0.2, 0.25) is 0 Å². The molecule has 2 aliphatic heterocycles. The Morgan fingerprint density at radius 3 is 1.27 bits per heavy atom. The molecule has 4 aliphatic rings. The van der Waals surface area contributed by atoms with E-state index in [0.29, 0.717) is 25.7 Å². The quantitative estimate of drug-likeness (QED) is 0.290. The number of carboxylic acid groups (broad SMARTS) is 2. The SMILES string of the molecule is CC1(C)CC(C(CCCC(=O)[O-])(C(=O)[O-])C2CC(C)(C)N(OC3CCCCC3)C(C)(C)C2)CC(C)(C)N1OC1CCCCC1. The highest BCUT2D eigenvalue weighted by atomic mass is 16.7. The normalized spacial score (nSPS) is 27.7. The van der Waals surface area contributed by atoms with Gasteiger partial charge in [0.25, 0.3) is 0 Å². The summed E-state index contributed by atoms with van der Waals surface area (Å²) in [5, 5.41) is 29.7. The summed E-state index contributed by atoms with van der Waals surface area (Å²) in [6.45, 7) is 17.4. The molecule has 0 spiro atoms. The first kappa shape index (κ1) is 35.6. The second-order valence-corrected chi connectivity index (χ2v) is 17.3. The van der Waals surface area contributed by atoms with E-state index in [1.807, 2.05) is 0 Å². The van der Waals surface area contributed by atoms with Crippen molar-refractivity contribution in [2.75, 3.05) is 0 Å². The van der Waals surface area contributed by atoms with Crippen LogP contribution < -0.4 is 10.2 Å². The molecule has 0 aromatic rings. The fourth-order valence-electron chi connectivity index (χ4n) is 10.2. The molecule has 0 radical (unpaired) electrons. The molecule has 0 unspecified atom stereocenters. The lowest BCUT2D eigenvalue weighted by atomic mass is 9.52. The molecule has 2 saturated carbocycles. The van der Waals surface area contributed by atoms with Crippen molar-refractivity contribution in [3.05, 3.63) is 0 Å². The van der Waals surface area contributed by atoms with Crippen LogP contribution in [0.25, 0.3) is 0 Å². The maximum absolute atomic E-state index is 13.8. The Bertz CT molecular complexity index is 899. The summed E-state index contributed by atoms with van der Waals surface area (Å²) in [6, 6.07) is 0. The lowest BCUT2D eigenvalue weighted by Crippen LogP contribution is -2.68. The van der Waals surface area contributed by atoms with Gasteiger partial charge in [-0.2, -0.15) is 10.1 Å². The van der Waals surface area contributed by atoms with E-state index in [4.69, 9.17) is 9.68 Å². The Balaban J connectivity index is 1.68. The van der Waals surface area contributed by atoms with Crippen molar-refractivity contribution in [2.24, 2.45) is 17.3 Å². The van der Waals surface area contributed by atoms with Crippen molar-refractivity contribution in [1.82, 2.24) is 10.1 Å². The molecule has 254 valence electrons. The molecule has 0 aromatic heterocycles. The number of hydroxylamine groups is 4. The number of piperidine rings is 2. The molecular formula is C36H62N2O6-2. The summed E-state index contributed by atoms with van der Waals surface area (Å²) >= 11 is 0. The van der Waals surface area contributed by atoms with E-state index < -0.39 is 39.5 Å². The van der Waals surface area contributed by atoms with Gasteiger partial charge in [-0.3, -0.25) is 9.68 Å². The standard InChI is InChI=1S/C36H64N2O6/c1-32(2)22-26(23-33(3,4)37(32)43-28-16-11-9-12-17-28)36(31(41)42,21-15-20-30(39)40)27-24-34(5,6)38(35(7,8)25-27)44-29-18-13-10-14-19-29/h26-29H,9-25H2,1-8H3,(H,39,40)(H,41,42)/p-2. The maximum Gasteiger partial charge on any atom is 0.0793 e. The predicted molar refractivity (Wildman–Crippen MR) is 168 cm³/mol. The molecule has 8 heteroatoms. The van der Waals surface area contributed by atoms with Gasteiger partial charge >= 0.3 is 0 Å². The molecule has 2 heterocycles. The third kappa shape index (κ3) is 7.66. The van der Waals surface area contributed by atoms with E-state index in [0.717, 1.165) is 25.7 Å². The minimum absolute atomic E-state index is 0.151. The molecule has 0 aromatic carbocycles. The van der Waals surface area contributed by atoms with Gasteiger partial charge in [0, 0.05) is 39.5 Å². The van der Waals surface area contributed by atoms with Crippen molar-refractivity contribution in [3.63, 3.8) is 0 Å². The summed E-state index contributed by atoms with van der Waals surface area (Å²) in [7, 11) is 0. The molecular weight excluding hydrogens is 556 g/mol. The molecule has 2 aliphatic carbocycles. The minimum atomic E-state index is -1.19. The van der Waals surface area contributed by atoms with Crippen LogP contribution in [-0.2, 0) is 19.3 Å². The first-order chi connectivity index (χ1) is 20.4. The third-order valence-electron chi connectivity index (χ3n) is 11.6. The molecule has 0 atom stereocenters. The predicted octanol–water partition coefficient (Wildman–Crippen LogP) is 5.71. The lowest BCUT2D eigenvalue weighted by Gasteiger charge is -2.63. The summed E-state index contributed by atoms with van der Waals surface area (Å²) in [5.41, 5.74) is -2.82. The largest absolute Gasteiger partial charge is 0.550 e. The zero-order valence-electron chi connectivity index (χ0n) is 29.2. The van der Waals surface area contributed by atoms with Crippen LogP contribution >= 0.6 is 0 Å². The maximum atomic E-state index is 13.8. The number of carbonyl (C=O) groups is 2. The molecule has 4 rings (SSSR count). The number of nitrogens with zero attached hydrogens (tertiary/aromatic N) is 2. The summed E-state index contributed by atoms with van der Waals surface area (Å²) in [5.74, 6) is -2.57. The van der Waals surface area contributed by atoms with Gasteiger partial charge in [0.2, 0.25) is 0 Å². The fraction of sp³-hybridized carbons (Fsp3) is 0.944. The number of hydrogen-bond acceptors (Lipinski definition) is 8. The van der Waals surface area contributed by atoms with E-state index >= 15 is 0 Å². The third-order valence-corrected chi connectivity index (χ3v) is 11.6. The van der Waals surface area contributed by atoms with E-state index in [1.54, 1.807) is 0 Å². The van der Waals surface area contributed by atoms with Crippen LogP contribution in [0.15, 0.2) is 0 Å².